The molecule has 1 aromatic carbocycles. The maximum atomic E-state index is 12.3. The van der Waals surface area contributed by atoms with Gasteiger partial charge in [-0.1, -0.05) is 26.0 Å². The van der Waals surface area contributed by atoms with Gasteiger partial charge in [-0.2, -0.15) is 4.31 Å². The minimum Gasteiger partial charge on any atom is -0.258 e. The SMILES string of the molecule is CC(C)[C@H]1CN1S(=O)(=O)c1ccccc1[N+](=O)[O-]. The lowest BCUT2D eigenvalue weighted by Crippen LogP contribution is -2.18. The van der Waals surface area contributed by atoms with Gasteiger partial charge in [0.1, 0.15) is 0 Å². The van der Waals surface area contributed by atoms with Crippen LogP contribution in [-0.2, 0) is 10.0 Å². The Hall–Kier alpha value is -1.47. The number of nitro benzene ring substituents is 1. The molecule has 18 heavy (non-hydrogen) atoms. The highest BCUT2D eigenvalue weighted by atomic mass is 32.2. The zero-order chi connectivity index (χ0) is 13.5. The van der Waals surface area contributed by atoms with Gasteiger partial charge in [0.25, 0.3) is 5.69 Å². The Bertz CT molecular complexity index is 582. The Morgan fingerprint density at radius 2 is 2.00 bits per heavy atom. The Balaban J connectivity index is 2.41. The fourth-order valence-electron chi connectivity index (χ4n) is 1.91. The number of rotatable bonds is 4. The summed E-state index contributed by atoms with van der Waals surface area (Å²) in [5, 5.41) is 10.8. The van der Waals surface area contributed by atoms with Gasteiger partial charge in [0.05, 0.1) is 4.92 Å². The standard InChI is InChI=1S/C11H14N2O4S/c1-8(2)10-7-12(10)18(16,17)11-6-4-3-5-9(11)13(14)15/h3-6,8,10H,7H2,1-2H3/t10-,12?/m1/s1. The van der Waals surface area contributed by atoms with E-state index in [-0.39, 0.29) is 22.5 Å². The molecule has 0 saturated carbocycles. The van der Waals surface area contributed by atoms with Gasteiger partial charge in [0.2, 0.25) is 10.0 Å². The van der Waals surface area contributed by atoms with Crippen LogP contribution in [0.4, 0.5) is 5.69 Å². The van der Waals surface area contributed by atoms with Crippen LogP contribution in [0.25, 0.3) is 0 Å². The van der Waals surface area contributed by atoms with Crippen molar-refractivity contribution in [1.82, 2.24) is 4.31 Å². The van der Waals surface area contributed by atoms with Crippen molar-refractivity contribution in [1.29, 1.82) is 0 Å². The fraction of sp³-hybridized carbons (Fsp3) is 0.455. The van der Waals surface area contributed by atoms with Crippen LogP contribution in [0.5, 0.6) is 0 Å². The summed E-state index contributed by atoms with van der Waals surface area (Å²) in [6, 6.07) is 5.40. The molecule has 0 aliphatic carbocycles. The minimum absolute atomic E-state index is 0.0465. The third-order valence-electron chi connectivity index (χ3n) is 3.02. The molecule has 0 N–H and O–H groups in total. The molecule has 0 amide bonds. The molecule has 1 saturated heterocycles. The van der Waals surface area contributed by atoms with Crippen LogP contribution in [0.2, 0.25) is 0 Å². The summed E-state index contributed by atoms with van der Waals surface area (Å²) >= 11 is 0. The van der Waals surface area contributed by atoms with E-state index in [0.717, 1.165) is 0 Å². The molecule has 1 heterocycles. The summed E-state index contributed by atoms with van der Waals surface area (Å²) in [6.45, 7) is 4.30. The van der Waals surface area contributed by atoms with Gasteiger partial charge in [0.15, 0.2) is 4.90 Å². The Kier molecular flexibility index (Phi) is 3.12. The van der Waals surface area contributed by atoms with Gasteiger partial charge < -0.3 is 0 Å². The van der Waals surface area contributed by atoms with E-state index in [0.29, 0.717) is 6.54 Å². The van der Waals surface area contributed by atoms with Gasteiger partial charge in [-0.3, -0.25) is 10.1 Å². The van der Waals surface area contributed by atoms with E-state index < -0.39 is 14.9 Å². The summed E-state index contributed by atoms with van der Waals surface area (Å²) in [7, 11) is -3.74. The average Bonchev–Trinajstić information content (AvgIpc) is 3.09. The zero-order valence-electron chi connectivity index (χ0n) is 10.1. The summed E-state index contributed by atoms with van der Waals surface area (Å²) in [5.41, 5.74) is -0.369. The predicted molar refractivity (Wildman–Crippen MR) is 65.6 cm³/mol. The lowest BCUT2D eigenvalue weighted by molar-refractivity contribution is -0.387. The van der Waals surface area contributed by atoms with Crippen LogP contribution in [0.3, 0.4) is 0 Å². The molecule has 1 aliphatic heterocycles. The third-order valence-corrected chi connectivity index (χ3v) is 4.96. The average molecular weight is 270 g/mol. The lowest BCUT2D eigenvalue weighted by Gasteiger charge is -2.08. The summed E-state index contributed by atoms with van der Waals surface area (Å²) < 4.78 is 25.8. The van der Waals surface area contributed by atoms with Crippen molar-refractivity contribution in [2.24, 2.45) is 5.92 Å². The number of hydrogen-bond acceptors (Lipinski definition) is 4. The smallest absolute Gasteiger partial charge is 0.258 e. The van der Waals surface area contributed by atoms with Crippen molar-refractivity contribution >= 4 is 15.7 Å². The molecule has 0 spiro atoms. The summed E-state index contributed by atoms with van der Waals surface area (Å²) in [5.74, 6) is 0.211. The molecule has 1 aliphatic rings. The molecular formula is C11H14N2O4S. The van der Waals surface area contributed by atoms with Crippen molar-refractivity contribution in [3.63, 3.8) is 0 Å². The molecule has 7 heteroatoms. The molecular weight excluding hydrogens is 256 g/mol. The van der Waals surface area contributed by atoms with Gasteiger partial charge in [-0.25, -0.2) is 8.42 Å². The highest BCUT2D eigenvalue weighted by Gasteiger charge is 2.47. The van der Waals surface area contributed by atoms with Crippen molar-refractivity contribution in [3.8, 4) is 0 Å². The molecule has 98 valence electrons. The Morgan fingerprint density at radius 3 is 2.50 bits per heavy atom. The van der Waals surface area contributed by atoms with Crippen LogP contribution in [0.1, 0.15) is 13.8 Å². The fourth-order valence-corrected chi connectivity index (χ4v) is 3.77. The second kappa shape index (κ2) is 4.33. The first kappa shape index (κ1) is 13.0. The van der Waals surface area contributed by atoms with E-state index in [9.17, 15) is 18.5 Å². The van der Waals surface area contributed by atoms with Gasteiger partial charge in [0, 0.05) is 18.7 Å². The summed E-state index contributed by atoms with van der Waals surface area (Å²) in [4.78, 5) is 9.96. The number of nitrogens with zero attached hydrogens (tertiary/aromatic N) is 2. The van der Waals surface area contributed by atoms with Crippen molar-refractivity contribution in [3.05, 3.63) is 34.4 Å². The van der Waals surface area contributed by atoms with Gasteiger partial charge in [-0.05, 0) is 12.0 Å². The molecule has 1 unspecified atom stereocenters. The minimum atomic E-state index is -3.74. The predicted octanol–water partition coefficient (Wildman–Crippen LogP) is 1.62. The van der Waals surface area contributed by atoms with Crippen LogP contribution < -0.4 is 0 Å². The topological polar surface area (TPSA) is 80.3 Å². The molecule has 2 rings (SSSR count). The quantitative estimate of drug-likeness (QED) is 0.473. The first-order chi connectivity index (χ1) is 8.35. The van der Waals surface area contributed by atoms with Crippen molar-refractivity contribution in [2.75, 3.05) is 6.54 Å². The van der Waals surface area contributed by atoms with Crippen LogP contribution in [-0.4, -0.2) is 30.2 Å². The highest BCUT2D eigenvalue weighted by Crippen LogP contribution is 2.35. The monoisotopic (exact) mass is 270 g/mol. The molecule has 6 nitrogen and oxygen atoms in total. The molecule has 0 bridgehead atoms. The molecule has 1 fully saturated rings. The Morgan fingerprint density at radius 1 is 1.39 bits per heavy atom. The Labute approximate surface area is 105 Å². The molecule has 0 radical (unpaired) electrons. The van der Waals surface area contributed by atoms with E-state index >= 15 is 0 Å². The number of hydrogen-bond donors (Lipinski definition) is 0. The molecule has 2 atom stereocenters. The zero-order valence-corrected chi connectivity index (χ0v) is 10.9. The summed E-state index contributed by atoms with van der Waals surface area (Å²) in [6.07, 6.45) is 0. The van der Waals surface area contributed by atoms with Crippen molar-refractivity contribution in [2.45, 2.75) is 24.8 Å². The number of benzene rings is 1. The first-order valence-corrected chi connectivity index (χ1v) is 7.05. The van der Waals surface area contributed by atoms with Crippen LogP contribution in [0, 0.1) is 16.0 Å². The maximum Gasteiger partial charge on any atom is 0.289 e. The van der Waals surface area contributed by atoms with Crippen LogP contribution in [0.15, 0.2) is 29.2 Å². The highest BCUT2D eigenvalue weighted by molar-refractivity contribution is 7.89. The number of nitro groups is 1. The van der Waals surface area contributed by atoms with E-state index in [1.807, 2.05) is 13.8 Å². The van der Waals surface area contributed by atoms with E-state index in [1.165, 1.54) is 28.6 Å². The van der Waals surface area contributed by atoms with E-state index in [4.69, 9.17) is 0 Å². The van der Waals surface area contributed by atoms with Crippen LogP contribution >= 0.6 is 0 Å². The second-order valence-corrected chi connectivity index (χ2v) is 6.47. The number of para-hydroxylation sites is 1. The second-order valence-electron chi connectivity index (χ2n) is 4.61. The molecule has 0 aromatic heterocycles. The lowest BCUT2D eigenvalue weighted by atomic mass is 10.1. The molecule has 1 aromatic rings. The van der Waals surface area contributed by atoms with Gasteiger partial charge in [-0.15, -0.1) is 0 Å². The van der Waals surface area contributed by atoms with E-state index in [2.05, 4.69) is 0 Å². The number of sulfonamides is 1. The maximum absolute atomic E-state index is 12.3. The normalized spacial score (nSPS) is 23.1. The first-order valence-electron chi connectivity index (χ1n) is 5.61. The largest absolute Gasteiger partial charge is 0.289 e. The van der Waals surface area contributed by atoms with Crippen molar-refractivity contribution < 1.29 is 13.3 Å². The van der Waals surface area contributed by atoms with E-state index in [1.54, 1.807) is 0 Å². The van der Waals surface area contributed by atoms with Gasteiger partial charge >= 0.3 is 0 Å². The third kappa shape index (κ3) is 2.11.